The molecule has 0 aliphatic carbocycles. The lowest BCUT2D eigenvalue weighted by atomic mass is 10.1. The number of rotatable bonds is 4. The second kappa shape index (κ2) is 7.10. The van der Waals surface area contributed by atoms with Crippen LogP contribution in [0.1, 0.15) is 18.0 Å². The molecule has 0 bridgehead atoms. The van der Waals surface area contributed by atoms with Crippen LogP contribution in [-0.4, -0.2) is 12.1 Å². The zero-order chi connectivity index (χ0) is 12.2. The van der Waals surface area contributed by atoms with E-state index in [0.717, 1.165) is 5.56 Å². The van der Waals surface area contributed by atoms with Crippen molar-refractivity contribution in [3.05, 3.63) is 29.8 Å². The van der Waals surface area contributed by atoms with E-state index in [9.17, 15) is 13.2 Å². The summed E-state index contributed by atoms with van der Waals surface area (Å²) in [6.07, 6.45) is 0.617. The number of nitrogens with two attached hydrogens (primary N) is 2. The molecule has 0 radical (unpaired) electrons. The minimum atomic E-state index is -4.25. The van der Waals surface area contributed by atoms with Crippen LogP contribution in [0.5, 0.6) is 0 Å². The van der Waals surface area contributed by atoms with Crippen molar-refractivity contribution < 1.29 is 13.2 Å². The molecule has 17 heavy (non-hydrogen) atoms. The largest absolute Gasteiger partial charge is 0.446 e. The Hall–Kier alpha value is -0.430. The van der Waals surface area contributed by atoms with Gasteiger partial charge in [-0.05, 0) is 42.4 Å². The summed E-state index contributed by atoms with van der Waals surface area (Å²) in [7, 11) is 0. The Morgan fingerprint density at radius 3 is 2.12 bits per heavy atom. The lowest BCUT2D eigenvalue weighted by Crippen LogP contribution is -2.15. The molecule has 7 heteroatoms. The molecule has 0 fully saturated rings. The molecule has 0 unspecified atom stereocenters. The van der Waals surface area contributed by atoms with Gasteiger partial charge in [-0.25, -0.2) is 0 Å². The predicted molar refractivity (Wildman–Crippen MR) is 66.2 cm³/mol. The molecule has 0 spiro atoms. The third-order valence-corrected chi connectivity index (χ3v) is 2.76. The zero-order valence-electron chi connectivity index (χ0n) is 8.91. The summed E-state index contributed by atoms with van der Waals surface area (Å²) in [5.74, 6) is 0. The maximum Gasteiger partial charge on any atom is 0.446 e. The topological polar surface area (TPSA) is 52.0 Å². The lowest BCUT2D eigenvalue weighted by molar-refractivity contribution is -0.0328. The SMILES string of the molecule is Cl.NCC[C@H](N)c1ccc(SC(F)(F)F)cc1. The van der Waals surface area contributed by atoms with Crippen molar-refractivity contribution in [2.45, 2.75) is 22.9 Å². The van der Waals surface area contributed by atoms with Crippen LogP contribution < -0.4 is 11.5 Å². The van der Waals surface area contributed by atoms with Gasteiger partial charge < -0.3 is 11.5 Å². The third kappa shape index (κ3) is 6.16. The first kappa shape index (κ1) is 16.6. The quantitative estimate of drug-likeness (QED) is 0.837. The van der Waals surface area contributed by atoms with Crippen LogP contribution in [0.4, 0.5) is 13.2 Å². The summed E-state index contributed by atoms with van der Waals surface area (Å²) in [5, 5.41) is 0. The van der Waals surface area contributed by atoms with Crippen LogP contribution in [0.2, 0.25) is 0 Å². The highest BCUT2D eigenvalue weighted by atomic mass is 35.5. The number of hydrogen-bond acceptors (Lipinski definition) is 3. The van der Waals surface area contributed by atoms with Crippen LogP contribution in [0.25, 0.3) is 0 Å². The average Bonchev–Trinajstić information content (AvgIpc) is 2.16. The van der Waals surface area contributed by atoms with E-state index in [0.29, 0.717) is 13.0 Å². The standard InChI is InChI=1S/C10H13F3N2S.ClH/c11-10(12,13)16-8-3-1-7(2-4-8)9(15)5-6-14;/h1-4,9H,5-6,14-15H2;1H/t9-;/m0./s1. The minimum absolute atomic E-state index is 0. The van der Waals surface area contributed by atoms with Crippen LogP contribution in [0.15, 0.2) is 29.2 Å². The average molecular weight is 287 g/mol. The van der Waals surface area contributed by atoms with Gasteiger partial charge in [-0.1, -0.05) is 12.1 Å². The second-order valence-corrected chi connectivity index (χ2v) is 4.44. The summed E-state index contributed by atoms with van der Waals surface area (Å²) in [6.45, 7) is 0.459. The van der Waals surface area contributed by atoms with Crippen molar-refractivity contribution in [1.29, 1.82) is 0 Å². The molecule has 1 atom stereocenters. The molecule has 1 aromatic rings. The van der Waals surface area contributed by atoms with E-state index in [1.165, 1.54) is 12.1 Å². The summed E-state index contributed by atoms with van der Waals surface area (Å²) in [4.78, 5) is 0.163. The summed E-state index contributed by atoms with van der Waals surface area (Å²) < 4.78 is 36.1. The Morgan fingerprint density at radius 1 is 1.18 bits per heavy atom. The third-order valence-electron chi connectivity index (χ3n) is 2.02. The van der Waals surface area contributed by atoms with Crippen molar-refractivity contribution in [2.24, 2.45) is 11.5 Å². The molecule has 98 valence electrons. The van der Waals surface area contributed by atoms with Crippen molar-refractivity contribution in [3.63, 3.8) is 0 Å². The number of hydrogen-bond donors (Lipinski definition) is 2. The van der Waals surface area contributed by atoms with E-state index in [2.05, 4.69) is 0 Å². The summed E-state index contributed by atoms with van der Waals surface area (Å²) in [6, 6.07) is 5.84. The Kier molecular flexibility index (Phi) is 6.92. The van der Waals surface area contributed by atoms with Gasteiger partial charge in [0.1, 0.15) is 0 Å². The van der Waals surface area contributed by atoms with Gasteiger partial charge in [-0.15, -0.1) is 12.4 Å². The smallest absolute Gasteiger partial charge is 0.330 e. The van der Waals surface area contributed by atoms with Crippen molar-refractivity contribution >= 4 is 24.2 Å². The second-order valence-electron chi connectivity index (χ2n) is 3.30. The first-order valence-electron chi connectivity index (χ1n) is 4.74. The van der Waals surface area contributed by atoms with Gasteiger partial charge in [-0.2, -0.15) is 13.2 Å². The van der Waals surface area contributed by atoms with E-state index in [4.69, 9.17) is 11.5 Å². The van der Waals surface area contributed by atoms with E-state index in [-0.39, 0.29) is 35.1 Å². The zero-order valence-corrected chi connectivity index (χ0v) is 10.5. The Bertz CT molecular complexity index is 329. The van der Waals surface area contributed by atoms with Crippen molar-refractivity contribution in [1.82, 2.24) is 0 Å². The first-order chi connectivity index (χ1) is 7.42. The molecule has 0 aliphatic heterocycles. The van der Waals surface area contributed by atoms with Crippen molar-refractivity contribution in [3.8, 4) is 0 Å². The van der Waals surface area contributed by atoms with Gasteiger partial charge in [-0.3, -0.25) is 0 Å². The van der Waals surface area contributed by atoms with Crippen LogP contribution in [0.3, 0.4) is 0 Å². The lowest BCUT2D eigenvalue weighted by Gasteiger charge is -2.11. The molecule has 2 nitrogen and oxygen atoms in total. The molecule has 1 aromatic carbocycles. The molecule has 0 saturated heterocycles. The van der Waals surface area contributed by atoms with E-state index in [1.807, 2.05) is 0 Å². The normalized spacial score (nSPS) is 13.0. The minimum Gasteiger partial charge on any atom is -0.330 e. The van der Waals surface area contributed by atoms with Gasteiger partial charge in [0.05, 0.1) is 0 Å². The van der Waals surface area contributed by atoms with Crippen LogP contribution >= 0.6 is 24.2 Å². The Balaban J connectivity index is 0.00000256. The van der Waals surface area contributed by atoms with Gasteiger partial charge >= 0.3 is 5.51 Å². The van der Waals surface area contributed by atoms with Gasteiger partial charge in [0, 0.05) is 10.9 Å². The maximum absolute atomic E-state index is 12.0. The number of alkyl halides is 3. The highest BCUT2D eigenvalue weighted by Crippen LogP contribution is 2.36. The monoisotopic (exact) mass is 286 g/mol. The maximum atomic E-state index is 12.0. The first-order valence-corrected chi connectivity index (χ1v) is 5.55. The molecule has 1 rings (SSSR count). The highest BCUT2D eigenvalue weighted by Gasteiger charge is 2.29. The Labute approximate surface area is 108 Å². The fourth-order valence-corrected chi connectivity index (χ4v) is 1.80. The van der Waals surface area contributed by atoms with E-state index in [1.54, 1.807) is 12.1 Å². The molecule has 4 N–H and O–H groups in total. The molecule has 0 heterocycles. The number of thioether (sulfide) groups is 1. The Morgan fingerprint density at radius 2 is 1.71 bits per heavy atom. The molecular formula is C10H14ClF3N2S. The number of benzene rings is 1. The molecule has 0 amide bonds. The van der Waals surface area contributed by atoms with Gasteiger partial charge in [0.25, 0.3) is 0 Å². The molecule has 0 aromatic heterocycles. The van der Waals surface area contributed by atoms with Gasteiger partial charge in [0.15, 0.2) is 0 Å². The summed E-state index contributed by atoms with van der Waals surface area (Å²) in [5.41, 5.74) is 7.67. The van der Waals surface area contributed by atoms with Crippen LogP contribution in [-0.2, 0) is 0 Å². The van der Waals surface area contributed by atoms with E-state index >= 15 is 0 Å². The fourth-order valence-electron chi connectivity index (χ4n) is 1.26. The van der Waals surface area contributed by atoms with Gasteiger partial charge in [0.2, 0.25) is 0 Å². The van der Waals surface area contributed by atoms with E-state index < -0.39 is 5.51 Å². The van der Waals surface area contributed by atoms with Crippen LogP contribution in [0, 0.1) is 0 Å². The molecule has 0 aliphatic rings. The fraction of sp³-hybridized carbons (Fsp3) is 0.400. The van der Waals surface area contributed by atoms with Crippen molar-refractivity contribution in [2.75, 3.05) is 6.54 Å². The highest BCUT2D eigenvalue weighted by molar-refractivity contribution is 8.00. The molecular weight excluding hydrogens is 273 g/mol. The summed E-state index contributed by atoms with van der Waals surface area (Å²) >= 11 is -0.131. The molecule has 0 saturated carbocycles. The number of halogens is 4. The predicted octanol–water partition coefficient (Wildman–Crippen LogP) is 3.07.